The van der Waals surface area contributed by atoms with Crippen LogP contribution in [0.3, 0.4) is 0 Å². The summed E-state index contributed by atoms with van der Waals surface area (Å²) < 4.78 is 135. The van der Waals surface area contributed by atoms with Crippen LogP contribution in [0.1, 0.15) is 0 Å². The average Bonchev–Trinajstić information content (AvgIpc) is 3.04. The molecular weight excluding hydrogens is 767 g/mol. The van der Waals surface area contributed by atoms with Gasteiger partial charge in [-0.2, -0.15) is 38.8 Å². The zero-order valence-corrected chi connectivity index (χ0v) is 28.9. The lowest BCUT2D eigenvalue weighted by atomic mass is 10.1. The molecule has 6 rings (SSSR count). The first-order valence-corrected chi connectivity index (χ1v) is 19.8. The summed E-state index contributed by atoms with van der Waals surface area (Å²) in [5.74, 6) is -0.989. The van der Waals surface area contributed by atoms with Crippen LogP contribution >= 0.6 is 0 Å². The van der Waals surface area contributed by atoms with Crippen LogP contribution in [-0.2, 0) is 40.5 Å². The average molecular weight is 788 g/mol. The molecule has 6 aromatic rings. The molecule has 52 heavy (non-hydrogen) atoms. The Morgan fingerprint density at radius 1 is 0.481 bits per heavy atom. The van der Waals surface area contributed by atoms with E-state index in [1.807, 2.05) is 0 Å². The molecule has 22 heteroatoms. The highest BCUT2D eigenvalue weighted by Gasteiger charge is 2.27. The number of nitrogens with two attached hydrogens (primary N) is 1. The van der Waals surface area contributed by atoms with Crippen LogP contribution in [0.2, 0.25) is 0 Å². The van der Waals surface area contributed by atoms with Crippen LogP contribution in [0.15, 0.2) is 125 Å². The molecule has 0 heterocycles. The summed E-state index contributed by atoms with van der Waals surface area (Å²) in [5.41, 5.74) is 4.59. The lowest BCUT2D eigenvalue weighted by molar-refractivity contribution is 0.471. The number of nitrogen functional groups attached to an aromatic ring is 1. The van der Waals surface area contributed by atoms with E-state index in [1.54, 1.807) is 12.1 Å². The van der Waals surface area contributed by atoms with Gasteiger partial charge in [-0.15, -0.1) is 15.3 Å². The van der Waals surface area contributed by atoms with Gasteiger partial charge in [-0.3, -0.25) is 18.2 Å². The minimum absolute atomic E-state index is 0.0262. The van der Waals surface area contributed by atoms with E-state index in [0.29, 0.717) is 22.5 Å². The maximum absolute atomic E-state index is 12.4. The Kier molecular flexibility index (Phi) is 8.83. The third-order valence-corrected chi connectivity index (χ3v) is 11.2. The first kappa shape index (κ1) is 36.3. The molecule has 0 atom stereocenters. The predicted octanol–water partition coefficient (Wildman–Crippen LogP) is 6.25. The summed E-state index contributed by atoms with van der Waals surface area (Å²) in [6.07, 6.45) is 0. The summed E-state index contributed by atoms with van der Waals surface area (Å²) in [7, 11) is -19.5. The van der Waals surface area contributed by atoms with Crippen molar-refractivity contribution in [2.24, 2.45) is 20.5 Å². The van der Waals surface area contributed by atoms with E-state index in [-0.39, 0.29) is 32.4 Å². The van der Waals surface area contributed by atoms with Gasteiger partial charge in [-0.05, 0) is 77.5 Å². The van der Waals surface area contributed by atoms with Gasteiger partial charge < -0.3 is 10.8 Å². The first-order valence-electron chi connectivity index (χ1n) is 14.0. The molecule has 6 aromatic carbocycles. The van der Waals surface area contributed by atoms with Crippen molar-refractivity contribution < 1.29 is 57.0 Å². The van der Waals surface area contributed by atoms with Crippen LogP contribution in [-0.4, -0.2) is 57.0 Å². The minimum atomic E-state index is -5.27. The zero-order chi connectivity index (χ0) is 38.0. The molecule has 0 bridgehead atoms. The van der Waals surface area contributed by atoms with Gasteiger partial charge in [0.1, 0.15) is 15.5 Å². The monoisotopic (exact) mass is 787 g/mol. The lowest BCUT2D eigenvalue weighted by Gasteiger charge is -2.12. The van der Waals surface area contributed by atoms with Gasteiger partial charge in [0.05, 0.1) is 32.5 Å². The Balaban J connectivity index is 1.49. The van der Waals surface area contributed by atoms with E-state index < -0.39 is 77.7 Å². The van der Waals surface area contributed by atoms with Gasteiger partial charge in [-0.1, -0.05) is 18.2 Å². The van der Waals surface area contributed by atoms with E-state index in [1.165, 1.54) is 42.5 Å². The van der Waals surface area contributed by atoms with Crippen molar-refractivity contribution in [3.8, 4) is 5.75 Å². The topological polar surface area (TPSA) is 313 Å². The SMILES string of the molecule is Nc1ccc2c(O)c(/N=N/c3ccc(/N=N/c4ccc5cc(S(=O)(=O)O)ccc5c4)c4ccc(S(=O)(=O)O)cc34)c(S(=O)(=O)O)cc2c1S(=O)(=O)O. The number of benzene rings is 6. The van der Waals surface area contributed by atoms with Crippen molar-refractivity contribution in [3.05, 3.63) is 84.9 Å². The van der Waals surface area contributed by atoms with Crippen LogP contribution < -0.4 is 5.73 Å². The molecule has 0 aliphatic rings. The molecule has 0 amide bonds. The second-order valence-electron chi connectivity index (χ2n) is 11.0. The van der Waals surface area contributed by atoms with Crippen LogP contribution in [0.5, 0.6) is 5.75 Å². The molecule has 0 aliphatic heterocycles. The molecule has 0 aliphatic carbocycles. The molecule has 18 nitrogen and oxygen atoms in total. The van der Waals surface area contributed by atoms with E-state index in [2.05, 4.69) is 20.5 Å². The largest absolute Gasteiger partial charge is 0.505 e. The van der Waals surface area contributed by atoms with E-state index in [9.17, 15) is 57.0 Å². The number of fused-ring (bicyclic) bond motifs is 3. The van der Waals surface area contributed by atoms with Gasteiger partial charge in [-0.25, -0.2) is 0 Å². The van der Waals surface area contributed by atoms with Crippen molar-refractivity contribution >= 4 is 101 Å². The number of aromatic hydroxyl groups is 1. The Morgan fingerprint density at radius 2 is 1.04 bits per heavy atom. The number of rotatable bonds is 8. The van der Waals surface area contributed by atoms with Crippen molar-refractivity contribution in [1.29, 1.82) is 0 Å². The summed E-state index contributed by atoms with van der Waals surface area (Å²) in [6.45, 7) is 0. The lowest BCUT2D eigenvalue weighted by Crippen LogP contribution is -2.06. The summed E-state index contributed by atoms with van der Waals surface area (Å²) >= 11 is 0. The highest BCUT2D eigenvalue weighted by Crippen LogP contribution is 2.45. The minimum Gasteiger partial charge on any atom is -0.505 e. The van der Waals surface area contributed by atoms with Crippen LogP contribution in [0.4, 0.5) is 28.4 Å². The number of nitrogens with zero attached hydrogens (tertiary/aromatic N) is 4. The Hall–Kier alpha value is -5.46. The van der Waals surface area contributed by atoms with Crippen LogP contribution in [0, 0.1) is 0 Å². The van der Waals surface area contributed by atoms with Crippen molar-refractivity contribution in [2.45, 2.75) is 19.6 Å². The number of hydrogen-bond donors (Lipinski definition) is 6. The number of anilines is 1. The van der Waals surface area contributed by atoms with Crippen LogP contribution in [0.25, 0.3) is 32.3 Å². The van der Waals surface area contributed by atoms with Gasteiger partial charge in [0.15, 0.2) is 5.75 Å². The normalized spacial score (nSPS) is 13.2. The fourth-order valence-electron chi connectivity index (χ4n) is 5.27. The van der Waals surface area contributed by atoms with E-state index in [4.69, 9.17) is 5.73 Å². The van der Waals surface area contributed by atoms with E-state index >= 15 is 0 Å². The number of phenols is 1. The third-order valence-electron chi connectivity index (χ3n) is 7.61. The maximum atomic E-state index is 12.4. The predicted molar refractivity (Wildman–Crippen MR) is 186 cm³/mol. The zero-order valence-electron chi connectivity index (χ0n) is 25.6. The van der Waals surface area contributed by atoms with Gasteiger partial charge in [0.2, 0.25) is 0 Å². The van der Waals surface area contributed by atoms with Crippen molar-refractivity contribution in [1.82, 2.24) is 0 Å². The third kappa shape index (κ3) is 7.04. The molecular formula is C30H21N5O13S4. The fraction of sp³-hybridized carbons (Fsp3) is 0. The smallest absolute Gasteiger partial charge is 0.297 e. The summed E-state index contributed by atoms with van der Waals surface area (Å²) in [6, 6.07) is 17.2. The molecule has 0 unspecified atom stereocenters. The molecule has 0 aromatic heterocycles. The number of phenolic OH excluding ortho intramolecular Hbond substituents is 1. The molecule has 0 fully saturated rings. The summed E-state index contributed by atoms with van der Waals surface area (Å²) in [5, 5.41) is 27.5. The maximum Gasteiger partial charge on any atom is 0.297 e. The number of hydrogen-bond acceptors (Lipinski definition) is 14. The Morgan fingerprint density at radius 3 is 1.67 bits per heavy atom. The van der Waals surface area contributed by atoms with Gasteiger partial charge >= 0.3 is 0 Å². The van der Waals surface area contributed by atoms with E-state index in [0.717, 1.165) is 24.3 Å². The molecule has 0 spiro atoms. The first-order chi connectivity index (χ1) is 24.1. The molecule has 7 N–H and O–H groups in total. The number of azo groups is 2. The second-order valence-corrected chi connectivity index (χ2v) is 16.5. The fourth-order valence-corrected chi connectivity index (χ4v) is 7.76. The highest BCUT2D eigenvalue weighted by atomic mass is 32.2. The van der Waals surface area contributed by atoms with Gasteiger partial charge in [0, 0.05) is 21.5 Å². The molecule has 0 saturated carbocycles. The molecule has 0 saturated heterocycles. The standard InChI is InChI=1S/C30H21N5O13S4/c31-24-8-7-21-23(30(24)52(46,47)48)14-27(51(43,44)45)28(29(21)36)35-34-26-10-9-25(20-6-5-19(13-22(20)26)50(40,41)42)33-32-17-3-1-16-12-18(49(37,38)39)4-2-15(16)11-17/h1-14,36H,31H2,(H,37,38,39)(H,40,41,42)(H,43,44,45)(H,46,47,48)/b33-32+,35-34+. The van der Waals surface area contributed by atoms with Gasteiger partial charge in [0.25, 0.3) is 40.5 Å². The molecule has 0 radical (unpaired) electrons. The highest BCUT2D eigenvalue weighted by molar-refractivity contribution is 7.87. The second kappa shape index (κ2) is 12.6. The Bertz CT molecular complexity index is 3040. The van der Waals surface area contributed by atoms with Crippen molar-refractivity contribution in [2.75, 3.05) is 5.73 Å². The summed E-state index contributed by atoms with van der Waals surface area (Å²) in [4.78, 5) is -2.96. The van der Waals surface area contributed by atoms with Crippen molar-refractivity contribution in [3.63, 3.8) is 0 Å². The molecule has 268 valence electrons. The quantitative estimate of drug-likeness (QED) is 0.0564. The Labute approximate surface area is 293 Å².